The third kappa shape index (κ3) is 2.81. The molecule has 0 atom stereocenters. The highest BCUT2D eigenvalue weighted by atomic mass is 16.6. The van der Waals surface area contributed by atoms with Crippen LogP contribution in [0, 0.1) is 6.92 Å². The Balaban J connectivity index is 1.87. The first kappa shape index (κ1) is 14.2. The van der Waals surface area contributed by atoms with E-state index in [1.807, 2.05) is 13.0 Å². The number of fused-ring (bicyclic) bond motifs is 1. The number of pyridine rings is 1. The van der Waals surface area contributed by atoms with Crippen LogP contribution in [0.1, 0.15) is 15.9 Å². The first-order chi connectivity index (χ1) is 10.7. The van der Waals surface area contributed by atoms with E-state index in [0.717, 1.165) is 5.56 Å². The second kappa shape index (κ2) is 5.93. The van der Waals surface area contributed by atoms with Gasteiger partial charge in [-0.3, -0.25) is 4.79 Å². The minimum Gasteiger partial charge on any atom is -0.493 e. The monoisotopic (exact) mass is 300 g/mol. The van der Waals surface area contributed by atoms with E-state index in [1.54, 1.807) is 24.4 Å². The van der Waals surface area contributed by atoms with E-state index in [0.29, 0.717) is 41.8 Å². The fraction of sp³-hybridized carbons (Fsp3) is 0.250. The number of amides is 1. The molecule has 6 heteroatoms. The summed E-state index contributed by atoms with van der Waals surface area (Å²) in [6.45, 7) is 2.84. The van der Waals surface area contributed by atoms with Crippen molar-refractivity contribution in [1.29, 1.82) is 0 Å². The fourth-order valence-electron chi connectivity index (χ4n) is 2.13. The van der Waals surface area contributed by atoms with Gasteiger partial charge in [-0.05, 0) is 30.7 Å². The summed E-state index contributed by atoms with van der Waals surface area (Å²) in [5, 5.41) is 2.74. The van der Waals surface area contributed by atoms with Crippen molar-refractivity contribution in [2.45, 2.75) is 6.92 Å². The van der Waals surface area contributed by atoms with Crippen LogP contribution in [0.2, 0.25) is 0 Å². The van der Waals surface area contributed by atoms with Crippen molar-refractivity contribution in [3.8, 4) is 17.2 Å². The first-order valence-electron chi connectivity index (χ1n) is 6.89. The Kier molecular flexibility index (Phi) is 3.82. The van der Waals surface area contributed by atoms with Gasteiger partial charge in [-0.2, -0.15) is 0 Å². The van der Waals surface area contributed by atoms with E-state index >= 15 is 0 Å². The van der Waals surface area contributed by atoms with Crippen LogP contribution in [-0.2, 0) is 0 Å². The molecule has 1 aliphatic heterocycles. The molecule has 0 saturated heterocycles. The summed E-state index contributed by atoms with van der Waals surface area (Å²) >= 11 is 0. The molecule has 1 aromatic heterocycles. The number of anilines is 1. The molecule has 1 aromatic carbocycles. The van der Waals surface area contributed by atoms with Gasteiger partial charge in [-0.15, -0.1) is 0 Å². The largest absolute Gasteiger partial charge is 0.493 e. The number of aromatic nitrogens is 1. The van der Waals surface area contributed by atoms with Crippen molar-refractivity contribution in [2.75, 3.05) is 25.6 Å². The van der Waals surface area contributed by atoms with E-state index in [-0.39, 0.29) is 5.91 Å². The molecule has 2 aromatic rings. The van der Waals surface area contributed by atoms with Crippen LogP contribution in [0.25, 0.3) is 0 Å². The van der Waals surface area contributed by atoms with Crippen LogP contribution in [-0.4, -0.2) is 31.2 Å². The Morgan fingerprint density at radius 1 is 1.27 bits per heavy atom. The molecule has 22 heavy (non-hydrogen) atoms. The number of aryl methyl sites for hydroxylation is 1. The van der Waals surface area contributed by atoms with Crippen LogP contribution in [0.5, 0.6) is 17.2 Å². The highest BCUT2D eigenvalue weighted by molar-refractivity contribution is 6.04. The Morgan fingerprint density at radius 2 is 2.09 bits per heavy atom. The Bertz CT molecular complexity index is 681. The second-order valence-corrected chi connectivity index (χ2v) is 4.88. The van der Waals surface area contributed by atoms with Crippen molar-refractivity contribution in [1.82, 2.24) is 4.98 Å². The zero-order chi connectivity index (χ0) is 15.5. The number of carbonyl (C=O) groups excluding carboxylic acids is 1. The standard InChI is InChI=1S/C16H16N2O4/c1-10-3-4-14(17-9-10)18-16(19)11-7-12(20-2)15-13(8-11)21-5-6-22-15/h3-4,7-9H,5-6H2,1-2H3,(H,17,18,19). The Hall–Kier alpha value is -2.76. The summed E-state index contributed by atoms with van der Waals surface area (Å²) in [5.41, 5.74) is 1.45. The van der Waals surface area contributed by atoms with Crippen LogP contribution in [0.4, 0.5) is 5.82 Å². The van der Waals surface area contributed by atoms with Gasteiger partial charge in [0.25, 0.3) is 5.91 Å². The topological polar surface area (TPSA) is 69.7 Å². The number of benzene rings is 1. The number of carbonyl (C=O) groups is 1. The van der Waals surface area contributed by atoms with E-state index in [9.17, 15) is 4.79 Å². The third-order valence-electron chi connectivity index (χ3n) is 3.24. The summed E-state index contributed by atoms with van der Waals surface area (Å²) in [7, 11) is 1.52. The van der Waals surface area contributed by atoms with E-state index in [1.165, 1.54) is 7.11 Å². The van der Waals surface area contributed by atoms with Crippen LogP contribution in [0.3, 0.4) is 0 Å². The highest BCUT2D eigenvalue weighted by Crippen LogP contribution is 2.40. The number of rotatable bonds is 3. The number of ether oxygens (including phenoxy) is 3. The van der Waals surface area contributed by atoms with Crippen molar-refractivity contribution < 1.29 is 19.0 Å². The number of nitrogens with zero attached hydrogens (tertiary/aromatic N) is 1. The van der Waals surface area contributed by atoms with Gasteiger partial charge in [0.1, 0.15) is 19.0 Å². The molecule has 0 spiro atoms. The van der Waals surface area contributed by atoms with Gasteiger partial charge in [-0.1, -0.05) is 6.07 Å². The molecule has 6 nitrogen and oxygen atoms in total. The zero-order valence-electron chi connectivity index (χ0n) is 12.4. The zero-order valence-corrected chi connectivity index (χ0v) is 12.4. The molecule has 0 aliphatic carbocycles. The van der Waals surface area contributed by atoms with Crippen LogP contribution >= 0.6 is 0 Å². The van der Waals surface area contributed by atoms with Crippen molar-refractivity contribution >= 4 is 11.7 Å². The average molecular weight is 300 g/mol. The minimum absolute atomic E-state index is 0.286. The molecule has 0 unspecified atom stereocenters. The van der Waals surface area contributed by atoms with Crippen molar-refractivity contribution in [3.05, 3.63) is 41.6 Å². The minimum atomic E-state index is -0.286. The molecule has 1 amide bonds. The smallest absolute Gasteiger partial charge is 0.257 e. The van der Waals surface area contributed by atoms with Crippen LogP contribution in [0.15, 0.2) is 30.5 Å². The number of nitrogens with one attached hydrogen (secondary N) is 1. The maximum absolute atomic E-state index is 12.3. The molecule has 114 valence electrons. The van der Waals surface area contributed by atoms with Crippen molar-refractivity contribution in [2.24, 2.45) is 0 Å². The molecule has 0 bridgehead atoms. The summed E-state index contributed by atoms with van der Waals surface area (Å²) in [4.78, 5) is 16.5. The molecular weight excluding hydrogens is 284 g/mol. The van der Waals surface area contributed by atoms with Gasteiger partial charge < -0.3 is 19.5 Å². The van der Waals surface area contributed by atoms with Gasteiger partial charge in [0, 0.05) is 11.8 Å². The van der Waals surface area contributed by atoms with Gasteiger partial charge in [-0.25, -0.2) is 4.98 Å². The summed E-state index contributed by atoms with van der Waals surface area (Å²) < 4.78 is 16.3. The molecule has 1 N–H and O–H groups in total. The van der Waals surface area contributed by atoms with E-state index < -0.39 is 0 Å². The Morgan fingerprint density at radius 3 is 2.82 bits per heavy atom. The quantitative estimate of drug-likeness (QED) is 0.942. The molecule has 2 heterocycles. The lowest BCUT2D eigenvalue weighted by Crippen LogP contribution is -2.18. The van der Waals surface area contributed by atoms with Gasteiger partial charge in [0.05, 0.1) is 7.11 Å². The van der Waals surface area contributed by atoms with Crippen molar-refractivity contribution in [3.63, 3.8) is 0 Å². The molecule has 0 saturated carbocycles. The number of hydrogen-bond acceptors (Lipinski definition) is 5. The first-order valence-corrected chi connectivity index (χ1v) is 6.89. The lowest BCUT2D eigenvalue weighted by Gasteiger charge is -2.21. The summed E-state index contributed by atoms with van der Waals surface area (Å²) in [5.74, 6) is 1.71. The molecule has 1 aliphatic rings. The maximum atomic E-state index is 12.3. The maximum Gasteiger partial charge on any atom is 0.257 e. The SMILES string of the molecule is COc1cc(C(=O)Nc2ccc(C)cn2)cc2c1OCCO2. The number of methoxy groups -OCH3 is 1. The Labute approximate surface area is 128 Å². The lowest BCUT2D eigenvalue weighted by molar-refractivity contribution is 0.102. The van der Waals surface area contributed by atoms with Gasteiger partial charge in [0.2, 0.25) is 5.75 Å². The molecule has 0 radical (unpaired) electrons. The predicted octanol–water partition coefficient (Wildman–Crippen LogP) is 2.42. The summed E-state index contributed by atoms with van der Waals surface area (Å²) in [6, 6.07) is 6.90. The third-order valence-corrected chi connectivity index (χ3v) is 3.24. The molecule has 0 fully saturated rings. The van der Waals surface area contributed by atoms with Gasteiger partial charge >= 0.3 is 0 Å². The average Bonchev–Trinajstić information content (AvgIpc) is 2.55. The fourth-order valence-corrected chi connectivity index (χ4v) is 2.13. The van der Waals surface area contributed by atoms with Gasteiger partial charge in [0.15, 0.2) is 11.5 Å². The normalized spacial score (nSPS) is 12.6. The van der Waals surface area contributed by atoms with E-state index in [4.69, 9.17) is 14.2 Å². The van der Waals surface area contributed by atoms with Crippen LogP contribution < -0.4 is 19.5 Å². The number of hydrogen-bond donors (Lipinski definition) is 1. The summed E-state index contributed by atoms with van der Waals surface area (Å²) in [6.07, 6.45) is 1.69. The predicted molar refractivity (Wildman–Crippen MR) is 80.9 cm³/mol. The second-order valence-electron chi connectivity index (χ2n) is 4.88. The highest BCUT2D eigenvalue weighted by Gasteiger charge is 2.21. The molecule has 3 rings (SSSR count). The lowest BCUT2D eigenvalue weighted by atomic mass is 10.1. The van der Waals surface area contributed by atoms with E-state index in [2.05, 4.69) is 10.3 Å². The molecular formula is C16H16N2O4.